The molecule has 0 aliphatic carbocycles. The summed E-state index contributed by atoms with van der Waals surface area (Å²) in [7, 11) is 0. The number of halogens is 1. The lowest BCUT2D eigenvalue weighted by Crippen LogP contribution is -2.05. The standard InChI is InChI=1S/C18H14ClNO3/c1-2-23-18(22)17-14-9-8-13(19)10-20(14)15(11-21)16(17)12-6-4-3-5-7-12/h3-11H,2H2,1H3. The number of pyridine rings is 1. The van der Waals surface area contributed by atoms with Crippen LogP contribution in [-0.2, 0) is 4.74 Å². The quantitative estimate of drug-likeness (QED) is 0.531. The van der Waals surface area contributed by atoms with Crippen molar-refractivity contribution in [2.24, 2.45) is 0 Å². The number of aromatic nitrogens is 1. The molecule has 0 fully saturated rings. The van der Waals surface area contributed by atoms with E-state index >= 15 is 0 Å². The van der Waals surface area contributed by atoms with Crippen molar-refractivity contribution in [3.05, 3.63) is 64.9 Å². The Balaban J connectivity index is 2.42. The monoisotopic (exact) mass is 327 g/mol. The van der Waals surface area contributed by atoms with Gasteiger partial charge in [0, 0.05) is 11.8 Å². The fourth-order valence-corrected chi connectivity index (χ4v) is 2.84. The third kappa shape index (κ3) is 2.62. The molecule has 0 N–H and O–H groups in total. The van der Waals surface area contributed by atoms with E-state index in [1.165, 1.54) is 0 Å². The number of carbonyl (C=O) groups is 2. The highest BCUT2D eigenvalue weighted by atomic mass is 35.5. The largest absolute Gasteiger partial charge is 0.462 e. The molecule has 0 unspecified atom stereocenters. The van der Waals surface area contributed by atoms with Crippen molar-refractivity contribution < 1.29 is 14.3 Å². The smallest absolute Gasteiger partial charge is 0.340 e. The molecule has 0 amide bonds. The molecule has 3 rings (SSSR count). The third-order valence-corrected chi connectivity index (χ3v) is 3.81. The molecule has 0 radical (unpaired) electrons. The fourth-order valence-electron chi connectivity index (χ4n) is 2.68. The van der Waals surface area contributed by atoms with E-state index in [1.807, 2.05) is 30.3 Å². The minimum Gasteiger partial charge on any atom is -0.462 e. The molecule has 0 saturated carbocycles. The van der Waals surface area contributed by atoms with Crippen LogP contribution in [0.3, 0.4) is 0 Å². The molecule has 0 bridgehead atoms. The van der Waals surface area contributed by atoms with Gasteiger partial charge in [-0.25, -0.2) is 4.79 Å². The number of carbonyl (C=O) groups excluding carboxylic acids is 2. The van der Waals surface area contributed by atoms with Gasteiger partial charge >= 0.3 is 5.97 Å². The topological polar surface area (TPSA) is 47.8 Å². The number of fused-ring (bicyclic) bond motifs is 1. The van der Waals surface area contributed by atoms with E-state index in [9.17, 15) is 9.59 Å². The lowest BCUT2D eigenvalue weighted by molar-refractivity contribution is 0.0529. The van der Waals surface area contributed by atoms with Crippen LogP contribution < -0.4 is 0 Å². The highest BCUT2D eigenvalue weighted by Gasteiger charge is 2.25. The number of aldehydes is 1. The van der Waals surface area contributed by atoms with E-state index in [2.05, 4.69) is 0 Å². The Labute approximate surface area is 138 Å². The van der Waals surface area contributed by atoms with Crippen LogP contribution in [0, 0.1) is 0 Å². The van der Waals surface area contributed by atoms with Gasteiger partial charge in [-0.1, -0.05) is 41.9 Å². The van der Waals surface area contributed by atoms with Crippen molar-refractivity contribution in [2.45, 2.75) is 6.92 Å². The number of ether oxygens (including phenoxy) is 1. The molecule has 0 spiro atoms. The van der Waals surface area contributed by atoms with Gasteiger partial charge in [0.25, 0.3) is 0 Å². The van der Waals surface area contributed by atoms with Gasteiger partial charge in [0.1, 0.15) is 0 Å². The normalized spacial score (nSPS) is 10.7. The predicted molar refractivity (Wildman–Crippen MR) is 89.2 cm³/mol. The summed E-state index contributed by atoms with van der Waals surface area (Å²) in [6.45, 7) is 2.00. The van der Waals surface area contributed by atoms with Gasteiger partial charge in [-0.3, -0.25) is 4.79 Å². The van der Waals surface area contributed by atoms with Crippen LogP contribution in [0.5, 0.6) is 0 Å². The molecule has 1 aromatic carbocycles. The van der Waals surface area contributed by atoms with Crippen molar-refractivity contribution in [3.8, 4) is 11.1 Å². The van der Waals surface area contributed by atoms with Crippen molar-refractivity contribution in [1.82, 2.24) is 4.40 Å². The molecular weight excluding hydrogens is 314 g/mol. The molecule has 0 aliphatic rings. The van der Waals surface area contributed by atoms with Crippen molar-refractivity contribution in [1.29, 1.82) is 0 Å². The Kier molecular flexibility index (Phi) is 4.17. The van der Waals surface area contributed by atoms with Gasteiger partial charge in [-0.05, 0) is 24.6 Å². The number of hydrogen-bond donors (Lipinski definition) is 0. The third-order valence-electron chi connectivity index (χ3n) is 3.59. The molecular formula is C18H14ClNO3. The second-order valence-electron chi connectivity index (χ2n) is 4.94. The van der Waals surface area contributed by atoms with Crippen molar-refractivity contribution >= 4 is 29.4 Å². The Morgan fingerprint density at radius 3 is 2.61 bits per heavy atom. The lowest BCUT2D eigenvalue weighted by Gasteiger charge is -2.05. The summed E-state index contributed by atoms with van der Waals surface area (Å²) < 4.78 is 6.81. The predicted octanol–water partition coefficient (Wildman–Crippen LogP) is 4.25. The van der Waals surface area contributed by atoms with Gasteiger partial charge < -0.3 is 9.14 Å². The van der Waals surface area contributed by atoms with Crippen LogP contribution in [0.25, 0.3) is 16.6 Å². The van der Waals surface area contributed by atoms with Gasteiger partial charge in [0.2, 0.25) is 0 Å². The number of hydrogen-bond acceptors (Lipinski definition) is 3. The SMILES string of the molecule is CCOC(=O)c1c(-c2ccccc2)c(C=O)n2cc(Cl)ccc12. The second kappa shape index (κ2) is 6.26. The van der Waals surface area contributed by atoms with E-state index < -0.39 is 5.97 Å². The van der Waals surface area contributed by atoms with E-state index in [1.54, 1.807) is 29.7 Å². The Morgan fingerprint density at radius 2 is 1.96 bits per heavy atom. The summed E-state index contributed by atoms with van der Waals surface area (Å²) in [6.07, 6.45) is 2.35. The summed E-state index contributed by atoms with van der Waals surface area (Å²) in [5, 5.41) is 0.477. The zero-order valence-corrected chi connectivity index (χ0v) is 13.2. The summed E-state index contributed by atoms with van der Waals surface area (Å²) in [6, 6.07) is 12.7. The summed E-state index contributed by atoms with van der Waals surface area (Å²) in [4.78, 5) is 24.2. The maximum absolute atomic E-state index is 12.5. The summed E-state index contributed by atoms with van der Waals surface area (Å²) >= 11 is 6.04. The molecule has 116 valence electrons. The minimum absolute atomic E-state index is 0.258. The van der Waals surface area contributed by atoms with Gasteiger partial charge in [0.05, 0.1) is 28.4 Å². The van der Waals surface area contributed by atoms with Crippen LogP contribution in [0.2, 0.25) is 5.02 Å². The lowest BCUT2D eigenvalue weighted by atomic mass is 10.0. The number of nitrogens with zero attached hydrogens (tertiary/aromatic N) is 1. The van der Waals surface area contributed by atoms with Gasteiger partial charge in [-0.2, -0.15) is 0 Å². The van der Waals surface area contributed by atoms with Crippen LogP contribution in [0.15, 0.2) is 48.7 Å². The first-order valence-electron chi connectivity index (χ1n) is 7.18. The number of rotatable bonds is 4. The van der Waals surface area contributed by atoms with E-state index in [0.29, 0.717) is 27.4 Å². The Bertz CT molecular complexity index is 884. The Hall–Kier alpha value is -2.59. The average molecular weight is 328 g/mol. The van der Waals surface area contributed by atoms with Crippen LogP contribution in [0.1, 0.15) is 27.8 Å². The molecule has 3 aromatic rings. The van der Waals surface area contributed by atoms with Gasteiger partial charge in [-0.15, -0.1) is 0 Å². The second-order valence-corrected chi connectivity index (χ2v) is 5.38. The number of esters is 1. The van der Waals surface area contributed by atoms with E-state index in [4.69, 9.17) is 16.3 Å². The van der Waals surface area contributed by atoms with E-state index in [-0.39, 0.29) is 6.61 Å². The Morgan fingerprint density at radius 1 is 1.22 bits per heavy atom. The number of benzene rings is 1. The fraction of sp³-hybridized carbons (Fsp3) is 0.111. The maximum atomic E-state index is 12.5. The van der Waals surface area contributed by atoms with Crippen LogP contribution in [-0.4, -0.2) is 23.3 Å². The van der Waals surface area contributed by atoms with E-state index in [0.717, 1.165) is 11.8 Å². The van der Waals surface area contributed by atoms with Crippen LogP contribution >= 0.6 is 11.6 Å². The molecule has 2 heterocycles. The van der Waals surface area contributed by atoms with Crippen LogP contribution in [0.4, 0.5) is 0 Å². The summed E-state index contributed by atoms with van der Waals surface area (Å²) in [5.74, 6) is -0.459. The summed E-state index contributed by atoms with van der Waals surface area (Å²) in [5.41, 5.74) is 2.67. The van der Waals surface area contributed by atoms with Crippen molar-refractivity contribution in [2.75, 3.05) is 6.61 Å². The highest BCUT2D eigenvalue weighted by molar-refractivity contribution is 6.30. The zero-order valence-electron chi connectivity index (χ0n) is 12.5. The molecule has 4 nitrogen and oxygen atoms in total. The molecule has 5 heteroatoms. The first-order chi connectivity index (χ1) is 11.2. The highest BCUT2D eigenvalue weighted by Crippen LogP contribution is 2.33. The molecule has 2 aromatic heterocycles. The molecule has 0 aliphatic heterocycles. The molecule has 0 saturated heterocycles. The molecule has 0 atom stereocenters. The average Bonchev–Trinajstić information content (AvgIpc) is 2.89. The zero-order chi connectivity index (χ0) is 16.4. The maximum Gasteiger partial charge on any atom is 0.340 e. The van der Waals surface area contributed by atoms with Gasteiger partial charge in [0.15, 0.2) is 6.29 Å². The first-order valence-corrected chi connectivity index (χ1v) is 7.56. The van der Waals surface area contributed by atoms with Crippen molar-refractivity contribution in [3.63, 3.8) is 0 Å². The first kappa shape index (κ1) is 15.3. The molecule has 23 heavy (non-hydrogen) atoms. The minimum atomic E-state index is -0.459.